The summed E-state index contributed by atoms with van der Waals surface area (Å²) in [4.78, 5) is 22.6. The molecule has 0 spiro atoms. The zero-order valence-corrected chi connectivity index (χ0v) is 6.90. The van der Waals surface area contributed by atoms with Crippen LogP contribution in [0.5, 0.6) is 0 Å². The molecule has 1 N–H and O–H groups in total. The van der Waals surface area contributed by atoms with Crippen LogP contribution in [0.2, 0.25) is 0 Å². The van der Waals surface area contributed by atoms with Gasteiger partial charge in [-0.1, -0.05) is 6.42 Å². The predicted octanol–water partition coefficient (Wildman–Crippen LogP) is 0.124. The average molecular weight is 171 g/mol. The molecule has 4 heteroatoms. The van der Waals surface area contributed by atoms with Crippen LogP contribution in [0.15, 0.2) is 0 Å². The number of aliphatic carboxylic acids is 1. The van der Waals surface area contributed by atoms with Gasteiger partial charge in [-0.05, 0) is 19.4 Å². The number of carboxylic acid groups (broad SMARTS) is 1. The summed E-state index contributed by atoms with van der Waals surface area (Å²) in [6.07, 6.45) is 3.38. The van der Waals surface area contributed by atoms with Crippen molar-refractivity contribution in [1.29, 1.82) is 0 Å². The van der Waals surface area contributed by atoms with Gasteiger partial charge in [0, 0.05) is 0 Å². The van der Waals surface area contributed by atoms with Gasteiger partial charge in [-0.2, -0.15) is 0 Å². The maximum atomic E-state index is 10.7. The molecule has 1 fully saturated rings. The number of hydrogen-bond acceptors (Lipinski definition) is 3. The molecule has 0 aliphatic carbocycles. The zero-order valence-electron chi connectivity index (χ0n) is 6.90. The fourth-order valence-corrected chi connectivity index (χ4v) is 1.58. The highest BCUT2D eigenvalue weighted by molar-refractivity contribution is 5.74. The number of carbonyl (C=O) groups is 2. The SMILES string of the molecule is O=CCN1CCCCC1C(=O)O. The van der Waals surface area contributed by atoms with Crippen LogP contribution in [0.4, 0.5) is 0 Å². The topological polar surface area (TPSA) is 57.6 Å². The molecule has 68 valence electrons. The standard InChI is InChI=1S/C8H13NO3/c10-6-5-9-4-2-1-3-7(9)8(11)12/h6-7H,1-5H2,(H,11,12). The van der Waals surface area contributed by atoms with Crippen molar-refractivity contribution >= 4 is 12.3 Å². The monoisotopic (exact) mass is 171 g/mol. The summed E-state index contributed by atoms with van der Waals surface area (Å²) in [6.45, 7) is 0.979. The van der Waals surface area contributed by atoms with Gasteiger partial charge < -0.3 is 9.90 Å². The Hall–Kier alpha value is -0.900. The lowest BCUT2D eigenvalue weighted by Crippen LogP contribution is -2.45. The lowest BCUT2D eigenvalue weighted by molar-refractivity contribution is -0.144. The van der Waals surface area contributed by atoms with Crippen molar-refractivity contribution < 1.29 is 14.7 Å². The van der Waals surface area contributed by atoms with Gasteiger partial charge in [0.25, 0.3) is 0 Å². The van der Waals surface area contributed by atoms with E-state index in [9.17, 15) is 9.59 Å². The molecular weight excluding hydrogens is 158 g/mol. The summed E-state index contributed by atoms with van der Waals surface area (Å²) < 4.78 is 0. The van der Waals surface area contributed by atoms with Crippen molar-refractivity contribution in [2.24, 2.45) is 0 Å². The van der Waals surface area contributed by atoms with Crippen molar-refractivity contribution in [3.63, 3.8) is 0 Å². The van der Waals surface area contributed by atoms with Crippen LogP contribution in [0.1, 0.15) is 19.3 Å². The smallest absolute Gasteiger partial charge is 0.320 e. The first-order chi connectivity index (χ1) is 5.75. The van der Waals surface area contributed by atoms with Gasteiger partial charge in [-0.3, -0.25) is 9.69 Å². The van der Waals surface area contributed by atoms with E-state index in [1.807, 2.05) is 0 Å². The molecule has 4 nitrogen and oxygen atoms in total. The van der Waals surface area contributed by atoms with Crippen LogP contribution in [0.25, 0.3) is 0 Å². The summed E-state index contributed by atoms with van der Waals surface area (Å²) in [5, 5.41) is 8.78. The Kier molecular flexibility index (Phi) is 3.22. The van der Waals surface area contributed by atoms with E-state index in [2.05, 4.69) is 0 Å². The van der Waals surface area contributed by atoms with Crippen LogP contribution in [-0.2, 0) is 9.59 Å². The van der Waals surface area contributed by atoms with Crippen molar-refractivity contribution in [3.05, 3.63) is 0 Å². The first-order valence-corrected chi connectivity index (χ1v) is 4.16. The molecule has 1 unspecified atom stereocenters. The molecule has 0 aromatic rings. The molecule has 0 saturated carbocycles. The normalized spacial score (nSPS) is 25.2. The largest absolute Gasteiger partial charge is 0.480 e. The van der Waals surface area contributed by atoms with Gasteiger partial charge in [0.15, 0.2) is 0 Å². The Balaban J connectivity index is 2.53. The van der Waals surface area contributed by atoms with Crippen LogP contribution in [0.3, 0.4) is 0 Å². The Bertz CT molecular complexity index is 181. The second kappa shape index (κ2) is 4.21. The summed E-state index contributed by atoms with van der Waals surface area (Å²) in [5.41, 5.74) is 0. The van der Waals surface area contributed by atoms with Gasteiger partial charge in [0.1, 0.15) is 12.3 Å². The number of rotatable bonds is 3. The molecule has 0 aromatic heterocycles. The molecule has 1 atom stereocenters. The molecular formula is C8H13NO3. The minimum absolute atomic E-state index is 0.247. The highest BCUT2D eigenvalue weighted by Gasteiger charge is 2.27. The quantitative estimate of drug-likeness (QED) is 0.613. The maximum Gasteiger partial charge on any atom is 0.320 e. The third kappa shape index (κ3) is 2.04. The lowest BCUT2D eigenvalue weighted by atomic mass is 10.0. The van der Waals surface area contributed by atoms with E-state index in [1.165, 1.54) is 0 Å². The second-order valence-corrected chi connectivity index (χ2v) is 3.01. The molecule has 1 aliphatic rings. The number of nitrogens with zero attached hydrogens (tertiary/aromatic N) is 1. The Morgan fingerprint density at radius 3 is 2.92 bits per heavy atom. The average Bonchev–Trinajstić information content (AvgIpc) is 2.05. The molecule has 1 heterocycles. The van der Waals surface area contributed by atoms with E-state index < -0.39 is 12.0 Å². The number of carboxylic acids is 1. The minimum Gasteiger partial charge on any atom is -0.480 e. The van der Waals surface area contributed by atoms with E-state index in [4.69, 9.17) is 5.11 Å². The number of hydrogen-bond donors (Lipinski definition) is 1. The van der Waals surface area contributed by atoms with Crippen LogP contribution >= 0.6 is 0 Å². The van der Waals surface area contributed by atoms with Crippen LogP contribution in [0, 0.1) is 0 Å². The molecule has 1 aliphatic heterocycles. The summed E-state index contributed by atoms with van der Waals surface area (Å²) >= 11 is 0. The summed E-state index contributed by atoms with van der Waals surface area (Å²) in [5.74, 6) is -0.809. The Morgan fingerprint density at radius 1 is 1.58 bits per heavy atom. The van der Waals surface area contributed by atoms with Crippen molar-refractivity contribution in [2.45, 2.75) is 25.3 Å². The van der Waals surface area contributed by atoms with Crippen molar-refractivity contribution in [3.8, 4) is 0 Å². The van der Waals surface area contributed by atoms with Crippen molar-refractivity contribution in [2.75, 3.05) is 13.1 Å². The molecule has 1 saturated heterocycles. The Morgan fingerprint density at radius 2 is 2.33 bits per heavy atom. The number of carbonyl (C=O) groups excluding carboxylic acids is 1. The number of likely N-dealkylation sites (tertiary alicyclic amines) is 1. The molecule has 0 radical (unpaired) electrons. The van der Waals surface area contributed by atoms with Crippen LogP contribution < -0.4 is 0 Å². The van der Waals surface area contributed by atoms with Gasteiger partial charge in [0.2, 0.25) is 0 Å². The highest BCUT2D eigenvalue weighted by Crippen LogP contribution is 2.15. The fraction of sp³-hybridized carbons (Fsp3) is 0.750. The minimum atomic E-state index is -0.809. The zero-order chi connectivity index (χ0) is 8.97. The van der Waals surface area contributed by atoms with Gasteiger partial charge >= 0.3 is 5.97 Å². The number of piperidine rings is 1. The first kappa shape index (κ1) is 9.19. The van der Waals surface area contributed by atoms with E-state index in [1.54, 1.807) is 4.90 Å². The molecule has 1 rings (SSSR count). The molecule has 12 heavy (non-hydrogen) atoms. The van der Waals surface area contributed by atoms with E-state index >= 15 is 0 Å². The van der Waals surface area contributed by atoms with Crippen molar-refractivity contribution in [1.82, 2.24) is 4.90 Å². The maximum absolute atomic E-state index is 10.7. The molecule has 0 aromatic carbocycles. The second-order valence-electron chi connectivity index (χ2n) is 3.01. The van der Waals surface area contributed by atoms with Gasteiger partial charge in [-0.15, -0.1) is 0 Å². The third-order valence-corrected chi connectivity index (χ3v) is 2.21. The summed E-state index contributed by atoms with van der Waals surface area (Å²) in [6, 6.07) is -0.441. The van der Waals surface area contributed by atoms with E-state index in [0.29, 0.717) is 6.42 Å². The fourth-order valence-electron chi connectivity index (χ4n) is 1.58. The Labute approximate surface area is 71.2 Å². The lowest BCUT2D eigenvalue weighted by Gasteiger charge is -2.30. The number of aldehydes is 1. The van der Waals surface area contributed by atoms with Crippen LogP contribution in [-0.4, -0.2) is 41.4 Å². The van der Waals surface area contributed by atoms with E-state index in [0.717, 1.165) is 25.7 Å². The molecule has 0 bridgehead atoms. The van der Waals surface area contributed by atoms with Gasteiger partial charge in [0.05, 0.1) is 6.54 Å². The predicted molar refractivity (Wildman–Crippen MR) is 42.9 cm³/mol. The van der Waals surface area contributed by atoms with Gasteiger partial charge in [-0.25, -0.2) is 0 Å². The molecule has 0 amide bonds. The summed E-state index contributed by atoms with van der Waals surface area (Å²) in [7, 11) is 0. The third-order valence-electron chi connectivity index (χ3n) is 2.21. The first-order valence-electron chi connectivity index (χ1n) is 4.16. The highest BCUT2D eigenvalue weighted by atomic mass is 16.4. The van der Waals surface area contributed by atoms with E-state index in [-0.39, 0.29) is 6.54 Å².